The van der Waals surface area contributed by atoms with Gasteiger partial charge in [-0.3, -0.25) is 14.4 Å². The highest BCUT2D eigenvalue weighted by atomic mass is 16.3. The highest BCUT2D eigenvalue weighted by Crippen LogP contribution is 2.13. The maximum absolute atomic E-state index is 12.9. The van der Waals surface area contributed by atoms with Crippen molar-refractivity contribution in [3.8, 4) is 0 Å². The Balaban J connectivity index is 1.86. The molecule has 0 aromatic heterocycles. The number of rotatable bonds is 13. The summed E-state index contributed by atoms with van der Waals surface area (Å²) in [4.78, 5) is 39.5. The Kier molecular flexibility index (Phi) is 11.3. The number of aliphatic hydroxyl groups is 1. The predicted molar refractivity (Wildman–Crippen MR) is 134 cm³/mol. The fourth-order valence-electron chi connectivity index (χ4n) is 3.74. The van der Waals surface area contributed by atoms with Crippen molar-refractivity contribution in [2.75, 3.05) is 26.2 Å². The van der Waals surface area contributed by atoms with Crippen LogP contribution in [0.25, 0.3) is 0 Å². The molecule has 0 aliphatic heterocycles. The van der Waals surface area contributed by atoms with Crippen LogP contribution in [0.4, 0.5) is 0 Å². The van der Waals surface area contributed by atoms with Crippen molar-refractivity contribution in [3.63, 3.8) is 0 Å². The van der Waals surface area contributed by atoms with Crippen LogP contribution in [0.3, 0.4) is 0 Å². The Labute approximate surface area is 202 Å². The summed E-state index contributed by atoms with van der Waals surface area (Å²) >= 11 is 0. The van der Waals surface area contributed by atoms with Gasteiger partial charge in [-0.05, 0) is 55.5 Å². The zero-order chi connectivity index (χ0) is 24.9. The third-order valence-electron chi connectivity index (χ3n) is 5.36. The lowest BCUT2D eigenvalue weighted by Crippen LogP contribution is -2.36. The fourth-order valence-corrected chi connectivity index (χ4v) is 3.74. The van der Waals surface area contributed by atoms with Crippen LogP contribution in [0.1, 0.15) is 65.0 Å². The van der Waals surface area contributed by atoms with Crippen molar-refractivity contribution in [3.05, 3.63) is 70.8 Å². The molecule has 34 heavy (non-hydrogen) atoms. The summed E-state index contributed by atoms with van der Waals surface area (Å²) in [6, 6.07) is 14.9. The summed E-state index contributed by atoms with van der Waals surface area (Å²) in [5.74, 6) is -0.750. The summed E-state index contributed by atoms with van der Waals surface area (Å²) in [6.07, 6.45) is 1.33. The van der Waals surface area contributed by atoms with E-state index in [2.05, 4.69) is 10.6 Å². The molecule has 0 spiro atoms. The number of benzene rings is 2. The van der Waals surface area contributed by atoms with Crippen LogP contribution >= 0.6 is 0 Å². The Morgan fingerprint density at radius 2 is 1.59 bits per heavy atom. The molecule has 3 N–H and O–H groups in total. The number of carbonyl (C=O) groups is 3. The molecule has 3 amide bonds. The Morgan fingerprint density at radius 3 is 2.24 bits per heavy atom. The average Bonchev–Trinajstić information content (AvgIpc) is 2.82. The molecule has 7 heteroatoms. The van der Waals surface area contributed by atoms with E-state index in [0.29, 0.717) is 37.2 Å². The van der Waals surface area contributed by atoms with E-state index in [1.165, 1.54) is 0 Å². The lowest BCUT2D eigenvalue weighted by atomic mass is 10.0. The van der Waals surface area contributed by atoms with Gasteiger partial charge in [0.1, 0.15) is 0 Å². The van der Waals surface area contributed by atoms with Crippen LogP contribution in [0.2, 0.25) is 0 Å². The number of hydrogen-bond acceptors (Lipinski definition) is 4. The predicted octanol–water partition coefficient (Wildman–Crippen LogP) is 3.10. The Bertz CT molecular complexity index is 940. The summed E-state index contributed by atoms with van der Waals surface area (Å²) in [5.41, 5.74) is 2.77. The number of amides is 3. The molecule has 2 aromatic rings. The first-order chi connectivity index (χ1) is 16.3. The number of carbonyl (C=O) groups excluding carboxylic acids is 3. The van der Waals surface area contributed by atoms with Crippen LogP contribution < -0.4 is 10.6 Å². The van der Waals surface area contributed by atoms with Gasteiger partial charge in [-0.2, -0.15) is 0 Å². The van der Waals surface area contributed by atoms with Crippen molar-refractivity contribution >= 4 is 17.7 Å². The second-order valence-electron chi connectivity index (χ2n) is 8.53. The molecule has 1 unspecified atom stereocenters. The van der Waals surface area contributed by atoms with Crippen LogP contribution in [0.5, 0.6) is 0 Å². The van der Waals surface area contributed by atoms with E-state index < -0.39 is 6.10 Å². The smallest absolute Gasteiger partial charge is 0.253 e. The largest absolute Gasteiger partial charge is 0.391 e. The van der Waals surface area contributed by atoms with Gasteiger partial charge in [0, 0.05) is 37.3 Å². The molecule has 2 aromatic carbocycles. The zero-order valence-electron chi connectivity index (χ0n) is 20.5. The minimum Gasteiger partial charge on any atom is -0.391 e. The van der Waals surface area contributed by atoms with E-state index in [0.717, 1.165) is 24.0 Å². The van der Waals surface area contributed by atoms with Crippen LogP contribution in [-0.4, -0.2) is 60.0 Å². The number of nitrogens with one attached hydrogen (secondary N) is 2. The fraction of sp³-hybridized carbons (Fsp3) is 0.444. The van der Waals surface area contributed by atoms with E-state index >= 15 is 0 Å². The van der Waals surface area contributed by atoms with E-state index in [1.54, 1.807) is 23.1 Å². The summed E-state index contributed by atoms with van der Waals surface area (Å²) in [6.45, 7) is 7.66. The van der Waals surface area contributed by atoms with Gasteiger partial charge in [0.15, 0.2) is 0 Å². The highest BCUT2D eigenvalue weighted by molar-refractivity contribution is 6.00. The molecule has 0 saturated carbocycles. The molecule has 1 atom stereocenters. The third-order valence-corrected chi connectivity index (χ3v) is 5.36. The quantitative estimate of drug-likeness (QED) is 0.422. The van der Waals surface area contributed by atoms with Crippen molar-refractivity contribution < 1.29 is 19.5 Å². The number of nitrogens with zero attached hydrogens (tertiary/aromatic N) is 1. The van der Waals surface area contributed by atoms with Gasteiger partial charge in [-0.25, -0.2) is 0 Å². The van der Waals surface area contributed by atoms with E-state index in [1.807, 2.05) is 51.1 Å². The summed E-state index contributed by atoms with van der Waals surface area (Å²) < 4.78 is 0. The minimum atomic E-state index is -1.00. The summed E-state index contributed by atoms with van der Waals surface area (Å²) in [7, 11) is 0. The van der Waals surface area contributed by atoms with Gasteiger partial charge in [0.25, 0.3) is 11.8 Å². The van der Waals surface area contributed by atoms with E-state index in [-0.39, 0.29) is 30.7 Å². The SMILES string of the molecule is CCCN(CCC)C(=O)c1cc(C)cc(C(=O)NCC(O)CC(=O)NCCc2ccccc2)c1. The van der Waals surface area contributed by atoms with Gasteiger partial charge in [-0.15, -0.1) is 0 Å². The number of aryl methyl sites for hydroxylation is 1. The summed E-state index contributed by atoms with van der Waals surface area (Å²) in [5, 5.41) is 15.6. The molecule has 7 nitrogen and oxygen atoms in total. The van der Waals surface area contributed by atoms with Crippen molar-refractivity contribution in [2.24, 2.45) is 0 Å². The lowest BCUT2D eigenvalue weighted by molar-refractivity contribution is -0.122. The minimum absolute atomic E-state index is 0.0556. The molecule has 0 saturated heterocycles. The van der Waals surface area contributed by atoms with Crippen LogP contribution in [0.15, 0.2) is 48.5 Å². The Morgan fingerprint density at radius 1 is 0.941 bits per heavy atom. The van der Waals surface area contributed by atoms with Crippen molar-refractivity contribution in [1.29, 1.82) is 0 Å². The van der Waals surface area contributed by atoms with Gasteiger partial charge < -0.3 is 20.6 Å². The molecule has 0 radical (unpaired) electrons. The molecule has 0 fully saturated rings. The van der Waals surface area contributed by atoms with E-state index in [9.17, 15) is 19.5 Å². The van der Waals surface area contributed by atoms with Crippen molar-refractivity contribution in [1.82, 2.24) is 15.5 Å². The maximum Gasteiger partial charge on any atom is 0.253 e. The number of aliphatic hydroxyl groups excluding tert-OH is 1. The highest BCUT2D eigenvalue weighted by Gasteiger charge is 2.18. The van der Waals surface area contributed by atoms with Gasteiger partial charge in [0.2, 0.25) is 5.91 Å². The molecule has 0 aliphatic rings. The molecule has 0 aliphatic carbocycles. The second kappa shape index (κ2) is 14.2. The molecular formula is C27H37N3O4. The van der Waals surface area contributed by atoms with E-state index in [4.69, 9.17) is 0 Å². The standard InChI is InChI=1S/C27H37N3O4/c1-4-13-30(14-5-2)27(34)23-16-20(3)15-22(17-23)26(33)29-19-24(31)18-25(32)28-12-11-21-9-7-6-8-10-21/h6-10,15-17,24,31H,4-5,11-14,18-19H2,1-3H3,(H,28,32)(H,29,33). The van der Waals surface area contributed by atoms with Crippen LogP contribution in [0, 0.1) is 6.92 Å². The van der Waals surface area contributed by atoms with Crippen molar-refractivity contribution in [2.45, 2.75) is 52.6 Å². The zero-order valence-corrected chi connectivity index (χ0v) is 20.5. The molecule has 0 heterocycles. The molecule has 184 valence electrons. The lowest BCUT2D eigenvalue weighted by Gasteiger charge is -2.22. The maximum atomic E-state index is 12.9. The topological polar surface area (TPSA) is 98.7 Å². The average molecular weight is 468 g/mol. The molecule has 2 rings (SSSR count). The number of hydrogen-bond donors (Lipinski definition) is 3. The second-order valence-corrected chi connectivity index (χ2v) is 8.53. The monoisotopic (exact) mass is 467 g/mol. The first-order valence-electron chi connectivity index (χ1n) is 12.0. The third kappa shape index (κ3) is 8.98. The first-order valence-corrected chi connectivity index (χ1v) is 12.0. The van der Waals surface area contributed by atoms with Crippen LogP contribution in [-0.2, 0) is 11.2 Å². The molecular weight excluding hydrogens is 430 g/mol. The molecule has 0 bridgehead atoms. The van der Waals surface area contributed by atoms with Gasteiger partial charge in [-0.1, -0.05) is 44.2 Å². The first kappa shape index (κ1) is 27.1. The Hall–Kier alpha value is -3.19. The van der Waals surface area contributed by atoms with Gasteiger partial charge >= 0.3 is 0 Å². The normalized spacial score (nSPS) is 11.5. The van der Waals surface area contributed by atoms with Gasteiger partial charge in [0.05, 0.1) is 12.5 Å².